The first kappa shape index (κ1) is 12.8. The van der Waals surface area contributed by atoms with Gasteiger partial charge in [-0.2, -0.15) is 12.6 Å². The van der Waals surface area contributed by atoms with Crippen LogP contribution in [0.25, 0.3) is 0 Å². The van der Waals surface area contributed by atoms with Crippen LogP contribution in [0.2, 0.25) is 0 Å². The highest BCUT2D eigenvalue weighted by Gasteiger charge is 2.37. The number of piperidine rings is 1. The van der Waals surface area contributed by atoms with Gasteiger partial charge in [0.1, 0.15) is 0 Å². The van der Waals surface area contributed by atoms with Crippen LogP contribution in [-0.4, -0.2) is 30.3 Å². The van der Waals surface area contributed by atoms with Crippen LogP contribution in [0.15, 0.2) is 0 Å². The molecule has 2 heteroatoms. The Kier molecular flexibility index (Phi) is 4.60. The molecule has 1 heterocycles. The summed E-state index contributed by atoms with van der Waals surface area (Å²) in [6.45, 7) is 6.34. The van der Waals surface area contributed by atoms with Gasteiger partial charge in [-0.1, -0.05) is 26.2 Å². The second kappa shape index (κ2) is 5.77. The van der Waals surface area contributed by atoms with Crippen molar-refractivity contribution in [3.05, 3.63) is 0 Å². The monoisotopic (exact) mass is 241 g/mol. The Hall–Kier alpha value is 0.310. The van der Waals surface area contributed by atoms with E-state index in [4.69, 9.17) is 0 Å². The summed E-state index contributed by atoms with van der Waals surface area (Å²) in [5.74, 6) is 2.12. The van der Waals surface area contributed by atoms with Gasteiger partial charge in [0.15, 0.2) is 0 Å². The number of hydrogen-bond donors (Lipinski definition) is 1. The van der Waals surface area contributed by atoms with Crippen LogP contribution < -0.4 is 0 Å². The molecule has 0 spiro atoms. The van der Waals surface area contributed by atoms with Gasteiger partial charge in [-0.3, -0.25) is 0 Å². The summed E-state index contributed by atoms with van der Waals surface area (Å²) < 4.78 is 0. The third-order valence-corrected chi connectivity index (χ3v) is 5.38. The molecule has 0 N–H and O–H groups in total. The Morgan fingerprint density at radius 3 is 2.38 bits per heavy atom. The third-order valence-electron chi connectivity index (χ3n) is 4.71. The molecule has 94 valence electrons. The van der Waals surface area contributed by atoms with Crippen molar-refractivity contribution in [2.24, 2.45) is 11.3 Å². The van der Waals surface area contributed by atoms with E-state index in [0.29, 0.717) is 5.41 Å². The summed E-state index contributed by atoms with van der Waals surface area (Å²) >= 11 is 4.56. The van der Waals surface area contributed by atoms with Gasteiger partial charge in [-0.25, -0.2) is 0 Å². The van der Waals surface area contributed by atoms with Crippen molar-refractivity contribution in [3.63, 3.8) is 0 Å². The van der Waals surface area contributed by atoms with Crippen molar-refractivity contribution in [2.45, 2.75) is 51.9 Å². The maximum atomic E-state index is 4.56. The normalized spacial score (nSPS) is 26.6. The fraction of sp³-hybridized carbons (Fsp3) is 1.00. The van der Waals surface area contributed by atoms with Gasteiger partial charge in [0, 0.05) is 6.54 Å². The first-order chi connectivity index (χ1) is 7.78. The Bertz CT molecular complexity index is 199. The lowest BCUT2D eigenvalue weighted by Gasteiger charge is -2.46. The van der Waals surface area contributed by atoms with Crippen LogP contribution in [0.4, 0.5) is 0 Å². The Balaban J connectivity index is 1.72. The number of nitrogens with zero attached hydrogens (tertiary/aromatic N) is 1. The average Bonchev–Trinajstić information content (AvgIpc) is 2.26. The zero-order valence-corrected chi connectivity index (χ0v) is 11.6. The molecule has 1 saturated carbocycles. The number of thiol groups is 1. The maximum Gasteiger partial charge on any atom is 0.00458 e. The average molecular weight is 241 g/mol. The number of likely N-dealkylation sites (tertiary alicyclic amines) is 1. The van der Waals surface area contributed by atoms with Crippen molar-refractivity contribution in [1.29, 1.82) is 0 Å². The molecule has 16 heavy (non-hydrogen) atoms. The minimum atomic E-state index is 0.598. The van der Waals surface area contributed by atoms with Gasteiger partial charge < -0.3 is 4.90 Å². The zero-order valence-electron chi connectivity index (χ0n) is 10.7. The van der Waals surface area contributed by atoms with Crippen LogP contribution in [0, 0.1) is 11.3 Å². The Morgan fingerprint density at radius 2 is 1.94 bits per heavy atom. The van der Waals surface area contributed by atoms with E-state index in [0.717, 1.165) is 11.7 Å². The highest BCUT2D eigenvalue weighted by molar-refractivity contribution is 7.80. The maximum absolute atomic E-state index is 4.56. The first-order valence-corrected chi connectivity index (χ1v) is 7.74. The van der Waals surface area contributed by atoms with Crippen molar-refractivity contribution in [2.75, 3.05) is 25.4 Å². The number of rotatable bonds is 5. The first-order valence-electron chi connectivity index (χ1n) is 7.11. The molecule has 1 saturated heterocycles. The molecule has 2 rings (SSSR count). The summed E-state index contributed by atoms with van der Waals surface area (Å²) in [7, 11) is 0. The quantitative estimate of drug-likeness (QED) is 0.720. The molecule has 1 aliphatic heterocycles. The highest BCUT2D eigenvalue weighted by Crippen LogP contribution is 2.43. The minimum Gasteiger partial charge on any atom is -0.303 e. The molecule has 2 aliphatic rings. The van der Waals surface area contributed by atoms with Crippen LogP contribution >= 0.6 is 12.6 Å². The summed E-state index contributed by atoms with van der Waals surface area (Å²) in [5.41, 5.74) is 0.598. The lowest BCUT2D eigenvalue weighted by atomic mass is 9.69. The molecular formula is C14H27NS. The minimum absolute atomic E-state index is 0.598. The van der Waals surface area contributed by atoms with Crippen molar-refractivity contribution in [3.8, 4) is 0 Å². The molecule has 0 bridgehead atoms. The molecule has 0 aromatic rings. The van der Waals surface area contributed by atoms with E-state index in [-0.39, 0.29) is 0 Å². The molecule has 2 fully saturated rings. The molecule has 0 aromatic heterocycles. The zero-order chi connectivity index (χ0) is 11.4. The van der Waals surface area contributed by atoms with Crippen LogP contribution in [0.1, 0.15) is 51.9 Å². The van der Waals surface area contributed by atoms with Crippen LogP contribution in [0.5, 0.6) is 0 Å². The van der Waals surface area contributed by atoms with Gasteiger partial charge in [-0.05, 0) is 55.9 Å². The lowest BCUT2D eigenvalue weighted by Crippen LogP contribution is -2.46. The Morgan fingerprint density at radius 1 is 1.25 bits per heavy atom. The van der Waals surface area contributed by atoms with Crippen molar-refractivity contribution >= 4 is 12.6 Å². The molecule has 0 aromatic carbocycles. The molecule has 0 atom stereocenters. The third kappa shape index (κ3) is 2.95. The van der Waals surface area contributed by atoms with Gasteiger partial charge >= 0.3 is 0 Å². The SMILES string of the molecule is CCCC1CCN(CC2(CS)CCC2)CC1. The van der Waals surface area contributed by atoms with Gasteiger partial charge in [0.2, 0.25) is 0 Å². The van der Waals surface area contributed by atoms with Crippen molar-refractivity contribution < 1.29 is 0 Å². The van der Waals surface area contributed by atoms with E-state index in [9.17, 15) is 0 Å². The molecule has 0 radical (unpaired) electrons. The summed E-state index contributed by atoms with van der Waals surface area (Å²) in [6, 6.07) is 0. The van der Waals surface area contributed by atoms with E-state index >= 15 is 0 Å². The molecule has 1 nitrogen and oxygen atoms in total. The smallest absolute Gasteiger partial charge is 0.00458 e. The predicted octanol–water partition coefficient (Wildman–Crippen LogP) is 3.60. The highest BCUT2D eigenvalue weighted by atomic mass is 32.1. The topological polar surface area (TPSA) is 3.24 Å². The van der Waals surface area contributed by atoms with E-state index in [1.165, 1.54) is 64.6 Å². The van der Waals surface area contributed by atoms with Crippen molar-refractivity contribution in [1.82, 2.24) is 4.90 Å². The molecule has 0 amide bonds. The number of hydrogen-bond acceptors (Lipinski definition) is 2. The Labute approximate surface area is 106 Å². The fourth-order valence-electron chi connectivity index (χ4n) is 3.36. The van der Waals surface area contributed by atoms with E-state index < -0.39 is 0 Å². The van der Waals surface area contributed by atoms with E-state index in [1.807, 2.05) is 0 Å². The standard InChI is InChI=1S/C14H27NS/c1-2-4-13-5-9-15(10-6-13)11-14(12-16)7-3-8-14/h13,16H,2-12H2,1H3. The van der Waals surface area contributed by atoms with E-state index in [2.05, 4.69) is 24.5 Å². The van der Waals surface area contributed by atoms with Gasteiger partial charge in [0.25, 0.3) is 0 Å². The van der Waals surface area contributed by atoms with Crippen LogP contribution in [-0.2, 0) is 0 Å². The predicted molar refractivity (Wildman–Crippen MR) is 74.2 cm³/mol. The molecular weight excluding hydrogens is 214 g/mol. The second-order valence-electron chi connectivity index (χ2n) is 6.02. The second-order valence-corrected chi connectivity index (χ2v) is 6.34. The largest absolute Gasteiger partial charge is 0.303 e. The van der Waals surface area contributed by atoms with E-state index in [1.54, 1.807) is 0 Å². The fourth-order valence-corrected chi connectivity index (χ4v) is 3.78. The summed E-state index contributed by atoms with van der Waals surface area (Å²) in [6.07, 6.45) is 9.98. The molecule has 0 unspecified atom stereocenters. The summed E-state index contributed by atoms with van der Waals surface area (Å²) in [5, 5.41) is 0. The molecule has 1 aliphatic carbocycles. The summed E-state index contributed by atoms with van der Waals surface area (Å²) in [4.78, 5) is 2.71. The van der Waals surface area contributed by atoms with Gasteiger partial charge in [0.05, 0.1) is 0 Å². The lowest BCUT2D eigenvalue weighted by molar-refractivity contribution is 0.0667. The van der Waals surface area contributed by atoms with Crippen LogP contribution in [0.3, 0.4) is 0 Å². The van der Waals surface area contributed by atoms with Gasteiger partial charge in [-0.15, -0.1) is 0 Å².